The number of carboxylic acids is 1. The minimum absolute atomic E-state index is 0.0524. The van der Waals surface area contributed by atoms with Crippen molar-refractivity contribution in [1.29, 1.82) is 0 Å². The summed E-state index contributed by atoms with van der Waals surface area (Å²) in [5.74, 6) is -2.14. The number of carbonyl (C=O) groups excluding carboxylic acids is 1. The number of carbonyl (C=O) groups is 1. The summed E-state index contributed by atoms with van der Waals surface area (Å²) in [4.78, 5) is 13.7. The Hall–Kier alpha value is -3.11. The lowest BCUT2D eigenvalue weighted by atomic mass is 9.94. The van der Waals surface area contributed by atoms with Crippen molar-refractivity contribution in [2.75, 3.05) is 36.0 Å². The predicted octanol–water partition coefficient (Wildman–Crippen LogP) is 4.10. The molecule has 5 nitrogen and oxygen atoms in total. The molecule has 11 heteroatoms. The number of nitrogens with zero attached hydrogens (tertiary/aromatic N) is 2. The summed E-state index contributed by atoms with van der Waals surface area (Å²) in [5.41, 5.74) is -1.52. The van der Waals surface area contributed by atoms with Crippen LogP contribution in [0.3, 0.4) is 0 Å². The van der Waals surface area contributed by atoms with Gasteiger partial charge in [0.25, 0.3) is 0 Å². The van der Waals surface area contributed by atoms with Crippen LogP contribution in [-0.4, -0.2) is 43.9 Å². The Kier molecular flexibility index (Phi) is 5.64. The Morgan fingerprint density at radius 3 is 2.38 bits per heavy atom. The van der Waals surface area contributed by atoms with Crippen molar-refractivity contribution in [3.8, 4) is 16.9 Å². The molecule has 0 radical (unpaired) electrons. The lowest BCUT2D eigenvalue weighted by Gasteiger charge is -2.43. The SMILES string of the molecule is CC1(C)CN(CC(F)(F)F)c2c(cc(C(F)(F)F)cc2-c2cccc(N3CC(C(=O)[O-])C3)c2)O1. The molecule has 0 bridgehead atoms. The van der Waals surface area contributed by atoms with Gasteiger partial charge in [-0.1, -0.05) is 12.1 Å². The summed E-state index contributed by atoms with van der Waals surface area (Å²) in [6.07, 6.45) is -9.34. The molecule has 1 fully saturated rings. The number of carboxylic acid groups (broad SMARTS) is 1. The second kappa shape index (κ2) is 7.99. The number of rotatable bonds is 4. The molecular formula is C23H21F6N2O3-. The maximum atomic E-state index is 13.7. The number of alkyl halides is 6. The molecule has 0 saturated carbocycles. The van der Waals surface area contributed by atoms with Crippen LogP contribution in [0.4, 0.5) is 37.7 Å². The fourth-order valence-electron chi connectivity index (χ4n) is 4.32. The molecule has 0 aliphatic carbocycles. The maximum Gasteiger partial charge on any atom is 0.416 e. The topological polar surface area (TPSA) is 55.8 Å². The van der Waals surface area contributed by atoms with Crippen LogP contribution in [0.5, 0.6) is 5.75 Å². The fourth-order valence-corrected chi connectivity index (χ4v) is 4.32. The van der Waals surface area contributed by atoms with Gasteiger partial charge in [0.15, 0.2) is 0 Å². The molecule has 0 unspecified atom stereocenters. The summed E-state index contributed by atoms with van der Waals surface area (Å²) in [6, 6.07) is 7.80. The van der Waals surface area contributed by atoms with Crippen LogP contribution >= 0.6 is 0 Å². The average molecular weight is 487 g/mol. The van der Waals surface area contributed by atoms with E-state index < -0.39 is 41.9 Å². The van der Waals surface area contributed by atoms with Crippen molar-refractivity contribution in [3.63, 3.8) is 0 Å². The van der Waals surface area contributed by atoms with Crippen molar-refractivity contribution >= 4 is 17.3 Å². The van der Waals surface area contributed by atoms with E-state index in [1.807, 2.05) is 0 Å². The molecule has 2 heterocycles. The maximum absolute atomic E-state index is 13.7. The molecule has 34 heavy (non-hydrogen) atoms. The first kappa shape index (κ1) is 24.0. The highest BCUT2D eigenvalue weighted by atomic mass is 19.4. The number of benzene rings is 2. The molecule has 2 aliphatic heterocycles. The lowest BCUT2D eigenvalue weighted by Crippen LogP contribution is -2.54. The lowest BCUT2D eigenvalue weighted by molar-refractivity contribution is -0.312. The zero-order chi connectivity index (χ0) is 25.1. The molecule has 0 spiro atoms. The van der Waals surface area contributed by atoms with Crippen LogP contribution in [0, 0.1) is 5.92 Å². The monoisotopic (exact) mass is 487 g/mol. The number of hydrogen-bond donors (Lipinski definition) is 0. The Morgan fingerprint density at radius 2 is 1.79 bits per heavy atom. The van der Waals surface area contributed by atoms with Crippen molar-refractivity contribution < 1.29 is 41.0 Å². The molecular weight excluding hydrogens is 466 g/mol. The van der Waals surface area contributed by atoms with E-state index in [-0.39, 0.29) is 42.2 Å². The van der Waals surface area contributed by atoms with Crippen LogP contribution < -0.4 is 19.6 Å². The van der Waals surface area contributed by atoms with Gasteiger partial charge in [0.05, 0.1) is 17.8 Å². The number of halogens is 6. The molecule has 0 amide bonds. The largest absolute Gasteiger partial charge is 0.550 e. The van der Waals surface area contributed by atoms with Crippen LogP contribution in [0.1, 0.15) is 19.4 Å². The van der Waals surface area contributed by atoms with Crippen LogP contribution in [0.25, 0.3) is 11.1 Å². The van der Waals surface area contributed by atoms with Gasteiger partial charge in [-0.25, -0.2) is 0 Å². The molecule has 2 aromatic carbocycles. The van der Waals surface area contributed by atoms with E-state index in [0.29, 0.717) is 5.69 Å². The van der Waals surface area contributed by atoms with Crippen molar-refractivity contribution in [2.24, 2.45) is 5.92 Å². The number of ether oxygens (including phenoxy) is 1. The smallest absolute Gasteiger partial charge is 0.416 e. The Morgan fingerprint density at radius 1 is 1.12 bits per heavy atom. The predicted molar refractivity (Wildman–Crippen MR) is 111 cm³/mol. The third-order valence-corrected chi connectivity index (χ3v) is 5.78. The van der Waals surface area contributed by atoms with Crippen LogP contribution in [0.2, 0.25) is 0 Å². The van der Waals surface area contributed by atoms with Crippen LogP contribution in [0.15, 0.2) is 36.4 Å². The van der Waals surface area contributed by atoms with Gasteiger partial charge in [0, 0.05) is 36.2 Å². The zero-order valence-corrected chi connectivity index (χ0v) is 18.3. The van der Waals surface area contributed by atoms with Gasteiger partial charge < -0.3 is 24.4 Å². The summed E-state index contributed by atoms with van der Waals surface area (Å²) in [6.45, 7) is 1.82. The minimum atomic E-state index is -4.75. The molecule has 184 valence electrons. The summed E-state index contributed by atoms with van der Waals surface area (Å²) in [5, 5.41) is 11.0. The zero-order valence-electron chi connectivity index (χ0n) is 18.3. The first-order chi connectivity index (χ1) is 15.6. The number of aliphatic carboxylic acids is 1. The van der Waals surface area contributed by atoms with E-state index in [0.717, 1.165) is 17.0 Å². The Labute approximate surface area is 191 Å². The first-order valence-electron chi connectivity index (χ1n) is 10.5. The highest BCUT2D eigenvalue weighted by Crippen LogP contribution is 2.48. The number of anilines is 2. The Balaban J connectivity index is 1.84. The molecule has 0 N–H and O–H groups in total. The third kappa shape index (κ3) is 4.88. The van der Waals surface area contributed by atoms with Crippen molar-refractivity contribution in [3.05, 3.63) is 42.0 Å². The molecule has 2 aliphatic rings. The normalized spacial score (nSPS) is 18.2. The summed E-state index contributed by atoms with van der Waals surface area (Å²) >= 11 is 0. The fraction of sp³-hybridized carbons (Fsp3) is 0.435. The second-order valence-electron chi connectivity index (χ2n) is 9.17. The molecule has 0 atom stereocenters. The van der Waals surface area contributed by atoms with E-state index in [9.17, 15) is 36.2 Å². The number of fused-ring (bicyclic) bond motifs is 1. The molecule has 4 rings (SSSR count). The second-order valence-corrected chi connectivity index (χ2v) is 9.17. The minimum Gasteiger partial charge on any atom is -0.550 e. The van der Waals surface area contributed by atoms with E-state index >= 15 is 0 Å². The standard InChI is InChI=1S/C23H22F6N2O3/c1-21(2)11-31(12-22(24,25)26)19-17(7-15(23(27,28)29)8-18(19)34-21)13-4-3-5-16(6-13)30-9-14(10-30)20(32)33/h3-8,14H,9-12H2,1-2H3,(H,32,33)/p-1. The van der Waals surface area contributed by atoms with Crippen molar-refractivity contribution in [2.45, 2.75) is 31.8 Å². The molecule has 0 aromatic heterocycles. The summed E-state index contributed by atoms with van der Waals surface area (Å²) < 4.78 is 87.0. The van der Waals surface area contributed by atoms with Gasteiger partial charge in [-0.05, 0) is 43.7 Å². The van der Waals surface area contributed by atoms with E-state index in [1.165, 1.54) is 26.0 Å². The first-order valence-corrected chi connectivity index (χ1v) is 10.5. The van der Waals surface area contributed by atoms with Crippen LogP contribution in [-0.2, 0) is 11.0 Å². The third-order valence-electron chi connectivity index (χ3n) is 5.78. The highest BCUT2D eigenvalue weighted by molar-refractivity contribution is 5.86. The van der Waals surface area contributed by atoms with Gasteiger partial charge in [0.2, 0.25) is 0 Å². The van der Waals surface area contributed by atoms with Crippen molar-refractivity contribution in [1.82, 2.24) is 0 Å². The highest BCUT2D eigenvalue weighted by Gasteiger charge is 2.42. The summed E-state index contributed by atoms with van der Waals surface area (Å²) in [7, 11) is 0. The van der Waals surface area contributed by atoms with E-state index in [4.69, 9.17) is 4.74 Å². The van der Waals surface area contributed by atoms with Gasteiger partial charge in [0.1, 0.15) is 17.9 Å². The van der Waals surface area contributed by atoms with Gasteiger partial charge in [-0.2, -0.15) is 26.3 Å². The van der Waals surface area contributed by atoms with E-state index in [1.54, 1.807) is 17.0 Å². The van der Waals surface area contributed by atoms with Gasteiger partial charge in [-0.15, -0.1) is 0 Å². The number of hydrogen-bond acceptors (Lipinski definition) is 5. The van der Waals surface area contributed by atoms with Gasteiger partial charge in [-0.3, -0.25) is 0 Å². The quantitative estimate of drug-likeness (QED) is 0.608. The van der Waals surface area contributed by atoms with E-state index in [2.05, 4.69) is 0 Å². The Bertz CT molecular complexity index is 1110. The van der Waals surface area contributed by atoms with Gasteiger partial charge >= 0.3 is 12.4 Å². The molecule has 1 saturated heterocycles. The average Bonchev–Trinajstić information content (AvgIpc) is 2.62. The molecule has 2 aromatic rings.